The van der Waals surface area contributed by atoms with Gasteiger partial charge in [-0.2, -0.15) is 5.10 Å². The summed E-state index contributed by atoms with van der Waals surface area (Å²) in [6.07, 6.45) is 5.11. The maximum absolute atomic E-state index is 12.5. The van der Waals surface area contributed by atoms with Crippen LogP contribution in [0.25, 0.3) is 17.0 Å². The first-order chi connectivity index (χ1) is 14.6. The fourth-order valence-electron chi connectivity index (χ4n) is 2.93. The van der Waals surface area contributed by atoms with Gasteiger partial charge in [-0.25, -0.2) is 5.43 Å². The van der Waals surface area contributed by atoms with Gasteiger partial charge >= 0.3 is 0 Å². The number of carbonyl (C=O) groups excluding carboxylic acids is 1. The van der Waals surface area contributed by atoms with E-state index in [1.54, 1.807) is 36.4 Å². The number of aromatic nitrogens is 1. The van der Waals surface area contributed by atoms with E-state index < -0.39 is 4.92 Å². The number of nitrogens with one attached hydrogen (secondary N) is 1. The standard InChI is InChI=1S/C22H16N4O4/c27-22(19-5-1-2-6-20(19)25-13-3-4-14-25)24-23-15-18-11-12-21(30-18)16-7-9-17(10-8-16)26(28)29/h1-15H,(H,24,27). The Morgan fingerprint density at radius 2 is 1.73 bits per heavy atom. The van der Waals surface area contributed by atoms with Gasteiger partial charge in [-0.05, 0) is 48.5 Å². The predicted octanol–water partition coefficient (Wildman–Crippen LogP) is 4.41. The molecule has 0 aliphatic heterocycles. The molecule has 0 bridgehead atoms. The van der Waals surface area contributed by atoms with Crippen LogP contribution in [0.4, 0.5) is 5.69 Å². The van der Waals surface area contributed by atoms with E-state index in [1.807, 2.05) is 41.2 Å². The molecule has 0 radical (unpaired) electrons. The molecule has 8 heteroatoms. The minimum atomic E-state index is -0.457. The molecule has 0 aliphatic rings. The average molecular weight is 400 g/mol. The Morgan fingerprint density at radius 3 is 2.47 bits per heavy atom. The van der Waals surface area contributed by atoms with Crippen molar-refractivity contribution < 1.29 is 14.1 Å². The van der Waals surface area contributed by atoms with E-state index >= 15 is 0 Å². The van der Waals surface area contributed by atoms with E-state index in [1.165, 1.54) is 18.3 Å². The summed E-state index contributed by atoms with van der Waals surface area (Å²) in [4.78, 5) is 22.8. The molecule has 0 unspecified atom stereocenters. The van der Waals surface area contributed by atoms with Crippen LogP contribution in [0.15, 0.2) is 94.7 Å². The summed E-state index contributed by atoms with van der Waals surface area (Å²) in [7, 11) is 0. The summed E-state index contributed by atoms with van der Waals surface area (Å²) in [5.41, 5.74) is 4.44. The van der Waals surface area contributed by atoms with Crippen LogP contribution in [0.1, 0.15) is 16.1 Å². The minimum Gasteiger partial charge on any atom is -0.455 e. The number of para-hydroxylation sites is 1. The monoisotopic (exact) mass is 400 g/mol. The highest BCUT2D eigenvalue weighted by molar-refractivity contribution is 5.98. The lowest BCUT2D eigenvalue weighted by atomic mass is 10.1. The lowest BCUT2D eigenvalue weighted by Gasteiger charge is -2.08. The number of amides is 1. The zero-order valence-corrected chi connectivity index (χ0v) is 15.6. The number of hydrazone groups is 1. The molecule has 0 atom stereocenters. The van der Waals surface area contributed by atoms with Crippen LogP contribution in [0, 0.1) is 10.1 Å². The van der Waals surface area contributed by atoms with Crippen molar-refractivity contribution in [3.05, 3.63) is 107 Å². The normalized spacial score (nSPS) is 10.9. The predicted molar refractivity (Wildman–Crippen MR) is 112 cm³/mol. The molecule has 148 valence electrons. The third kappa shape index (κ3) is 4.02. The molecule has 1 amide bonds. The van der Waals surface area contributed by atoms with Crippen LogP contribution in [-0.4, -0.2) is 21.6 Å². The molecule has 0 spiro atoms. The van der Waals surface area contributed by atoms with E-state index in [9.17, 15) is 14.9 Å². The second-order valence-corrected chi connectivity index (χ2v) is 6.31. The Balaban J connectivity index is 1.45. The minimum absolute atomic E-state index is 0.00926. The molecule has 0 saturated heterocycles. The molecule has 1 N–H and O–H groups in total. The number of nitro benzene ring substituents is 1. The van der Waals surface area contributed by atoms with Crippen molar-refractivity contribution in [1.82, 2.24) is 9.99 Å². The quantitative estimate of drug-likeness (QED) is 0.294. The Morgan fingerprint density at radius 1 is 1.00 bits per heavy atom. The fraction of sp³-hybridized carbons (Fsp3) is 0. The number of hydrogen-bond donors (Lipinski definition) is 1. The topological polar surface area (TPSA) is 103 Å². The number of rotatable bonds is 6. The van der Waals surface area contributed by atoms with Crippen LogP contribution in [0.2, 0.25) is 0 Å². The maximum atomic E-state index is 12.5. The largest absolute Gasteiger partial charge is 0.455 e. The molecule has 30 heavy (non-hydrogen) atoms. The molecule has 4 aromatic rings. The zero-order valence-electron chi connectivity index (χ0n) is 15.6. The third-order valence-electron chi connectivity index (χ3n) is 4.38. The van der Waals surface area contributed by atoms with Gasteiger partial charge in [0.25, 0.3) is 11.6 Å². The molecule has 0 saturated carbocycles. The van der Waals surface area contributed by atoms with Crippen molar-refractivity contribution in [1.29, 1.82) is 0 Å². The third-order valence-corrected chi connectivity index (χ3v) is 4.38. The van der Waals surface area contributed by atoms with Gasteiger partial charge in [-0.15, -0.1) is 0 Å². The number of benzene rings is 2. The van der Waals surface area contributed by atoms with Gasteiger partial charge in [-0.3, -0.25) is 14.9 Å². The first kappa shape index (κ1) is 18.9. The summed E-state index contributed by atoms with van der Waals surface area (Å²) >= 11 is 0. The molecule has 2 aromatic heterocycles. The van der Waals surface area contributed by atoms with Gasteiger partial charge in [0.1, 0.15) is 11.5 Å². The number of hydrogen-bond acceptors (Lipinski definition) is 5. The summed E-state index contributed by atoms with van der Waals surface area (Å²) in [6.45, 7) is 0. The van der Waals surface area contributed by atoms with Crippen LogP contribution in [0.5, 0.6) is 0 Å². The van der Waals surface area contributed by atoms with Crippen LogP contribution in [-0.2, 0) is 0 Å². The number of carbonyl (C=O) groups is 1. The molecule has 2 heterocycles. The van der Waals surface area contributed by atoms with Crippen LogP contribution in [0.3, 0.4) is 0 Å². The van der Waals surface area contributed by atoms with Gasteiger partial charge in [0.2, 0.25) is 0 Å². The second kappa shape index (κ2) is 8.27. The Labute approximate surface area is 171 Å². The van der Waals surface area contributed by atoms with Crippen molar-refractivity contribution in [2.75, 3.05) is 0 Å². The van der Waals surface area contributed by atoms with E-state index in [4.69, 9.17) is 4.42 Å². The summed E-state index contributed by atoms with van der Waals surface area (Å²) < 4.78 is 7.51. The number of non-ortho nitro benzene ring substituents is 1. The molecule has 0 fully saturated rings. The summed E-state index contributed by atoms with van der Waals surface area (Å²) in [5.74, 6) is 0.621. The van der Waals surface area contributed by atoms with E-state index in [0.717, 1.165) is 5.69 Å². The Kier molecular flexibility index (Phi) is 5.21. The maximum Gasteiger partial charge on any atom is 0.273 e. The van der Waals surface area contributed by atoms with Crippen LogP contribution >= 0.6 is 0 Å². The molecular formula is C22H16N4O4. The number of furan rings is 1. The Hall–Kier alpha value is -4.46. The molecule has 4 rings (SSSR count). The van der Waals surface area contributed by atoms with E-state index in [-0.39, 0.29) is 11.6 Å². The highest BCUT2D eigenvalue weighted by atomic mass is 16.6. The first-order valence-corrected chi connectivity index (χ1v) is 9.02. The van der Waals surface area contributed by atoms with Crippen molar-refractivity contribution in [3.8, 4) is 17.0 Å². The summed E-state index contributed by atoms with van der Waals surface area (Å²) in [6, 6.07) is 20.4. The first-order valence-electron chi connectivity index (χ1n) is 9.02. The zero-order chi connectivity index (χ0) is 20.9. The lowest BCUT2D eigenvalue weighted by molar-refractivity contribution is -0.384. The van der Waals surface area contributed by atoms with Gasteiger partial charge < -0.3 is 8.98 Å². The van der Waals surface area contributed by atoms with Gasteiger partial charge in [0, 0.05) is 30.1 Å². The summed E-state index contributed by atoms with van der Waals surface area (Å²) in [5, 5.41) is 14.7. The average Bonchev–Trinajstić information content (AvgIpc) is 3.46. The second-order valence-electron chi connectivity index (χ2n) is 6.31. The SMILES string of the molecule is O=C(NN=Cc1ccc(-c2ccc([N+](=O)[O-])cc2)o1)c1ccccc1-n1cccc1. The van der Waals surface area contributed by atoms with Crippen molar-refractivity contribution >= 4 is 17.8 Å². The van der Waals surface area contributed by atoms with Gasteiger partial charge in [0.05, 0.1) is 22.4 Å². The molecule has 2 aromatic carbocycles. The molecule has 0 aliphatic carbocycles. The van der Waals surface area contributed by atoms with Gasteiger partial charge in [0.15, 0.2) is 0 Å². The van der Waals surface area contributed by atoms with E-state index in [0.29, 0.717) is 22.6 Å². The lowest BCUT2D eigenvalue weighted by Crippen LogP contribution is -2.19. The highest BCUT2D eigenvalue weighted by Gasteiger charge is 2.11. The van der Waals surface area contributed by atoms with Gasteiger partial charge in [-0.1, -0.05) is 12.1 Å². The molecule has 8 nitrogen and oxygen atoms in total. The number of nitrogens with zero attached hydrogens (tertiary/aromatic N) is 3. The Bertz CT molecular complexity index is 1210. The van der Waals surface area contributed by atoms with Crippen molar-refractivity contribution in [2.45, 2.75) is 0 Å². The fourth-order valence-corrected chi connectivity index (χ4v) is 2.93. The molecular weight excluding hydrogens is 384 g/mol. The van der Waals surface area contributed by atoms with Crippen molar-refractivity contribution in [2.24, 2.45) is 5.10 Å². The smallest absolute Gasteiger partial charge is 0.273 e. The highest BCUT2D eigenvalue weighted by Crippen LogP contribution is 2.24. The van der Waals surface area contributed by atoms with E-state index in [2.05, 4.69) is 10.5 Å². The van der Waals surface area contributed by atoms with Crippen molar-refractivity contribution in [3.63, 3.8) is 0 Å². The van der Waals surface area contributed by atoms with Crippen LogP contribution < -0.4 is 5.43 Å². The number of nitro groups is 1.